The fourth-order valence-corrected chi connectivity index (χ4v) is 2.53. The molecule has 5 nitrogen and oxygen atoms in total. The van der Waals surface area contributed by atoms with Crippen LogP contribution < -0.4 is 10.2 Å². The third-order valence-corrected chi connectivity index (χ3v) is 3.97. The summed E-state index contributed by atoms with van der Waals surface area (Å²) in [4.78, 5) is 24.1. The highest BCUT2D eigenvalue weighted by atomic mass is 16.6. The van der Waals surface area contributed by atoms with Crippen LogP contribution in [0.3, 0.4) is 0 Å². The van der Waals surface area contributed by atoms with E-state index in [1.165, 1.54) is 6.07 Å². The van der Waals surface area contributed by atoms with Crippen molar-refractivity contribution in [2.45, 2.75) is 20.8 Å². The van der Waals surface area contributed by atoms with E-state index < -0.39 is 5.97 Å². The monoisotopic (exact) mass is 366 g/mol. The van der Waals surface area contributed by atoms with Crippen molar-refractivity contribution >= 4 is 16.9 Å². The average molecular weight is 366 g/mol. The molecule has 0 aliphatic carbocycles. The van der Waals surface area contributed by atoms with Gasteiger partial charge in [0.05, 0.1) is 12.0 Å². The molecule has 0 atom stereocenters. The Hall–Kier alpha value is -3.08. The first-order valence-corrected chi connectivity index (χ1v) is 8.86. The first kappa shape index (κ1) is 18.7. The summed E-state index contributed by atoms with van der Waals surface area (Å²) in [5, 5.41) is 0.402. The minimum atomic E-state index is -0.439. The van der Waals surface area contributed by atoms with E-state index in [1.807, 2.05) is 45.0 Å². The van der Waals surface area contributed by atoms with Crippen molar-refractivity contribution in [3.05, 3.63) is 64.3 Å². The van der Waals surface area contributed by atoms with E-state index in [0.29, 0.717) is 29.1 Å². The van der Waals surface area contributed by atoms with E-state index >= 15 is 0 Å². The van der Waals surface area contributed by atoms with Crippen LogP contribution in [-0.2, 0) is 9.53 Å². The summed E-state index contributed by atoms with van der Waals surface area (Å²) < 4.78 is 16.4. The highest BCUT2D eigenvalue weighted by Crippen LogP contribution is 2.25. The number of carbonyl (C=O) groups excluding carboxylic acids is 1. The summed E-state index contributed by atoms with van der Waals surface area (Å²) in [7, 11) is 0. The van der Waals surface area contributed by atoms with Crippen LogP contribution in [0.25, 0.3) is 22.3 Å². The van der Waals surface area contributed by atoms with Gasteiger partial charge in [-0.1, -0.05) is 43.7 Å². The number of carbonyl (C=O) groups is 1. The number of aryl methyl sites for hydroxylation is 1. The minimum Gasteiger partial charge on any atom is -0.482 e. The Bertz CT molecular complexity index is 999. The van der Waals surface area contributed by atoms with Gasteiger partial charge in [-0.05, 0) is 31.0 Å². The molecule has 0 amide bonds. The second kappa shape index (κ2) is 8.08. The van der Waals surface area contributed by atoms with Crippen LogP contribution >= 0.6 is 0 Å². The van der Waals surface area contributed by atoms with Crippen molar-refractivity contribution in [3.63, 3.8) is 0 Å². The van der Waals surface area contributed by atoms with Crippen LogP contribution in [0.1, 0.15) is 19.4 Å². The van der Waals surface area contributed by atoms with Gasteiger partial charge in [0, 0.05) is 11.6 Å². The maximum absolute atomic E-state index is 12.5. The number of hydrogen-bond donors (Lipinski definition) is 0. The van der Waals surface area contributed by atoms with Gasteiger partial charge >= 0.3 is 5.97 Å². The molecule has 1 heterocycles. The first-order chi connectivity index (χ1) is 12.9. The molecule has 3 aromatic rings. The Balaban J connectivity index is 1.79. The van der Waals surface area contributed by atoms with E-state index in [0.717, 1.165) is 11.1 Å². The van der Waals surface area contributed by atoms with Crippen molar-refractivity contribution < 1.29 is 18.7 Å². The highest BCUT2D eigenvalue weighted by Gasteiger charge is 2.10. The van der Waals surface area contributed by atoms with Gasteiger partial charge in [0.2, 0.25) is 0 Å². The Morgan fingerprint density at radius 3 is 2.52 bits per heavy atom. The number of rotatable bonds is 6. The third-order valence-electron chi connectivity index (χ3n) is 3.97. The molecule has 0 bridgehead atoms. The largest absolute Gasteiger partial charge is 0.482 e. The topological polar surface area (TPSA) is 65.7 Å². The van der Waals surface area contributed by atoms with Gasteiger partial charge < -0.3 is 13.9 Å². The standard InChI is InChI=1S/C22H22O5/c1-14(2)12-26-22(24)13-25-17-8-9-20-18(10-17)19(23)11-21(27-20)16-6-4-15(3)5-7-16/h4-11,14H,12-13H2,1-3H3. The molecule has 0 fully saturated rings. The molecule has 0 radical (unpaired) electrons. The van der Waals surface area contributed by atoms with Crippen molar-refractivity contribution in [1.82, 2.24) is 0 Å². The second-order valence-corrected chi connectivity index (χ2v) is 6.86. The number of fused-ring (bicyclic) bond motifs is 1. The molecule has 0 N–H and O–H groups in total. The van der Waals surface area contributed by atoms with Crippen LogP contribution in [0.4, 0.5) is 0 Å². The summed E-state index contributed by atoms with van der Waals surface area (Å²) >= 11 is 0. The molecule has 1 aromatic heterocycles. The predicted octanol–water partition coefficient (Wildman–Crippen LogP) is 4.35. The van der Waals surface area contributed by atoms with E-state index in [1.54, 1.807) is 18.2 Å². The van der Waals surface area contributed by atoms with Crippen LogP contribution in [0, 0.1) is 12.8 Å². The summed E-state index contributed by atoms with van der Waals surface area (Å²) in [5.41, 5.74) is 2.27. The van der Waals surface area contributed by atoms with Gasteiger partial charge in [0.15, 0.2) is 12.0 Å². The molecule has 2 aromatic carbocycles. The minimum absolute atomic E-state index is 0.167. The maximum atomic E-state index is 12.5. The second-order valence-electron chi connectivity index (χ2n) is 6.86. The van der Waals surface area contributed by atoms with Gasteiger partial charge in [-0.25, -0.2) is 4.79 Å². The lowest BCUT2D eigenvalue weighted by molar-refractivity contribution is -0.147. The zero-order chi connectivity index (χ0) is 19.4. The summed E-state index contributed by atoms with van der Waals surface area (Å²) in [6, 6.07) is 14.1. The quantitative estimate of drug-likeness (QED) is 0.607. The van der Waals surface area contributed by atoms with Gasteiger partial charge in [-0.3, -0.25) is 4.79 Å². The van der Waals surface area contributed by atoms with Gasteiger partial charge in [0.25, 0.3) is 0 Å². The van der Waals surface area contributed by atoms with E-state index in [-0.39, 0.29) is 18.0 Å². The number of hydrogen-bond acceptors (Lipinski definition) is 5. The summed E-state index contributed by atoms with van der Waals surface area (Å²) in [6.45, 7) is 6.07. The zero-order valence-corrected chi connectivity index (χ0v) is 15.7. The molecule has 3 rings (SSSR count). The lowest BCUT2D eigenvalue weighted by atomic mass is 10.1. The van der Waals surface area contributed by atoms with E-state index in [9.17, 15) is 9.59 Å². The van der Waals surface area contributed by atoms with Crippen LogP contribution in [0.2, 0.25) is 0 Å². The van der Waals surface area contributed by atoms with Crippen LogP contribution in [0.5, 0.6) is 5.75 Å². The summed E-state index contributed by atoms with van der Waals surface area (Å²) in [5.74, 6) is 0.755. The molecule has 0 spiro atoms. The normalized spacial score (nSPS) is 11.0. The molecule has 5 heteroatoms. The number of benzene rings is 2. The number of ether oxygens (including phenoxy) is 2. The SMILES string of the molecule is Cc1ccc(-c2cc(=O)c3cc(OCC(=O)OCC(C)C)ccc3o2)cc1. The molecular formula is C22H22O5. The van der Waals surface area contributed by atoms with Crippen LogP contribution in [-0.4, -0.2) is 19.2 Å². The molecule has 0 unspecified atom stereocenters. The fourth-order valence-electron chi connectivity index (χ4n) is 2.53. The van der Waals surface area contributed by atoms with E-state index in [4.69, 9.17) is 13.9 Å². The summed E-state index contributed by atoms with van der Waals surface area (Å²) in [6.07, 6.45) is 0. The molecule has 140 valence electrons. The molecular weight excluding hydrogens is 344 g/mol. The maximum Gasteiger partial charge on any atom is 0.344 e. The third kappa shape index (κ3) is 4.76. The predicted molar refractivity (Wildman–Crippen MR) is 104 cm³/mol. The lowest BCUT2D eigenvalue weighted by Crippen LogP contribution is -2.17. The van der Waals surface area contributed by atoms with Crippen molar-refractivity contribution in [1.29, 1.82) is 0 Å². The van der Waals surface area contributed by atoms with Crippen molar-refractivity contribution in [2.75, 3.05) is 13.2 Å². The smallest absolute Gasteiger partial charge is 0.344 e. The van der Waals surface area contributed by atoms with Crippen LogP contribution in [0.15, 0.2) is 57.7 Å². The fraction of sp³-hybridized carbons (Fsp3) is 0.273. The molecule has 0 aliphatic heterocycles. The zero-order valence-electron chi connectivity index (χ0n) is 15.7. The molecule has 0 aliphatic rings. The number of esters is 1. The Kier molecular flexibility index (Phi) is 5.60. The van der Waals surface area contributed by atoms with Gasteiger partial charge in [-0.15, -0.1) is 0 Å². The first-order valence-electron chi connectivity index (χ1n) is 8.86. The Labute approximate surface area is 157 Å². The molecule has 0 saturated carbocycles. The van der Waals surface area contributed by atoms with Gasteiger partial charge in [-0.2, -0.15) is 0 Å². The lowest BCUT2D eigenvalue weighted by Gasteiger charge is -2.09. The highest BCUT2D eigenvalue weighted by molar-refractivity contribution is 5.80. The van der Waals surface area contributed by atoms with E-state index in [2.05, 4.69) is 0 Å². The van der Waals surface area contributed by atoms with Crippen molar-refractivity contribution in [3.8, 4) is 17.1 Å². The Morgan fingerprint density at radius 1 is 1.07 bits per heavy atom. The van der Waals surface area contributed by atoms with Gasteiger partial charge in [0.1, 0.15) is 17.1 Å². The molecule has 27 heavy (non-hydrogen) atoms. The Morgan fingerprint density at radius 2 is 1.81 bits per heavy atom. The average Bonchev–Trinajstić information content (AvgIpc) is 2.65. The molecule has 0 saturated heterocycles. The van der Waals surface area contributed by atoms with Crippen molar-refractivity contribution in [2.24, 2.45) is 5.92 Å².